The van der Waals surface area contributed by atoms with Gasteiger partial charge in [0.1, 0.15) is 0 Å². The minimum atomic E-state index is -0.186. The van der Waals surface area contributed by atoms with E-state index in [2.05, 4.69) is 0 Å². The Balaban J connectivity index is 3.12. The second-order valence-electron chi connectivity index (χ2n) is 3.36. The lowest BCUT2D eigenvalue weighted by Crippen LogP contribution is -2.31. The second-order valence-corrected chi connectivity index (χ2v) is 3.76. The van der Waals surface area contributed by atoms with Crippen molar-refractivity contribution in [2.45, 2.75) is 25.9 Å². The van der Waals surface area contributed by atoms with Crippen LogP contribution < -0.4 is 11.5 Å². The zero-order chi connectivity index (χ0) is 10.0. The molecule has 1 aromatic rings. The van der Waals surface area contributed by atoms with Crippen LogP contribution in [-0.4, -0.2) is 6.04 Å². The zero-order valence-corrected chi connectivity index (χ0v) is 8.68. The fourth-order valence-corrected chi connectivity index (χ4v) is 1.68. The van der Waals surface area contributed by atoms with Crippen LogP contribution in [0.15, 0.2) is 18.2 Å². The second kappa shape index (κ2) is 4.09. The molecule has 1 aromatic carbocycles. The van der Waals surface area contributed by atoms with E-state index in [0.717, 1.165) is 11.1 Å². The fourth-order valence-electron chi connectivity index (χ4n) is 1.33. The van der Waals surface area contributed by atoms with Gasteiger partial charge in [0.15, 0.2) is 0 Å². The third-order valence-electron chi connectivity index (χ3n) is 2.17. The van der Waals surface area contributed by atoms with Crippen molar-refractivity contribution in [2.75, 3.05) is 0 Å². The van der Waals surface area contributed by atoms with Gasteiger partial charge in [0, 0.05) is 17.1 Å². The maximum atomic E-state index is 6.03. The normalized spacial score (nSPS) is 15.5. The molecular weight excluding hydrogens is 184 g/mol. The topological polar surface area (TPSA) is 52.0 Å². The van der Waals surface area contributed by atoms with Crippen molar-refractivity contribution >= 4 is 11.6 Å². The Morgan fingerprint density at radius 3 is 2.38 bits per heavy atom. The molecule has 0 radical (unpaired) electrons. The summed E-state index contributed by atoms with van der Waals surface area (Å²) in [7, 11) is 0. The van der Waals surface area contributed by atoms with Crippen LogP contribution in [0, 0.1) is 6.92 Å². The number of hydrogen-bond donors (Lipinski definition) is 2. The molecule has 2 unspecified atom stereocenters. The van der Waals surface area contributed by atoms with Crippen LogP contribution >= 0.6 is 11.6 Å². The maximum Gasteiger partial charge on any atom is 0.0463 e. The van der Waals surface area contributed by atoms with Gasteiger partial charge in [-0.2, -0.15) is 0 Å². The third-order valence-corrected chi connectivity index (χ3v) is 2.50. The number of aryl methyl sites for hydroxylation is 1. The highest BCUT2D eigenvalue weighted by molar-refractivity contribution is 6.31. The Morgan fingerprint density at radius 2 is 1.92 bits per heavy atom. The lowest BCUT2D eigenvalue weighted by atomic mass is 9.97. The molecule has 0 aliphatic rings. The Morgan fingerprint density at radius 1 is 1.31 bits per heavy atom. The molecule has 0 aliphatic carbocycles. The van der Waals surface area contributed by atoms with Gasteiger partial charge in [-0.25, -0.2) is 0 Å². The number of benzene rings is 1. The SMILES string of the molecule is Cc1cccc(Cl)c1C(N)C(C)N. The summed E-state index contributed by atoms with van der Waals surface area (Å²) < 4.78 is 0. The molecule has 1 rings (SSSR count). The number of rotatable bonds is 2. The summed E-state index contributed by atoms with van der Waals surface area (Å²) in [5.74, 6) is 0. The summed E-state index contributed by atoms with van der Waals surface area (Å²) in [6.07, 6.45) is 0. The monoisotopic (exact) mass is 198 g/mol. The predicted octanol–water partition coefficient (Wildman–Crippen LogP) is 2.00. The smallest absolute Gasteiger partial charge is 0.0463 e. The first-order chi connectivity index (χ1) is 6.04. The van der Waals surface area contributed by atoms with Crippen LogP contribution in [0.25, 0.3) is 0 Å². The van der Waals surface area contributed by atoms with Gasteiger partial charge in [-0.15, -0.1) is 0 Å². The average molecular weight is 199 g/mol. The molecule has 0 fully saturated rings. The highest BCUT2D eigenvalue weighted by Gasteiger charge is 2.15. The standard InChI is InChI=1S/C10H15ClN2/c1-6-4-3-5-8(11)9(6)10(13)7(2)12/h3-5,7,10H,12-13H2,1-2H3. The van der Waals surface area contributed by atoms with Crippen LogP contribution in [0.4, 0.5) is 0 Å². The summed E-state index contributed by atoms with van der Waals surface area (Å²) in [6, 6.07) is 5.47. The number of hydrogen-bond acceptors (Lipinski definition) is 2. The van der Waals surface area contributed by atoms with E-state index in [1.807, 2.05) is 32.0 Å². The Bertz CT molecular complexity index is 277. The van der Waals surface area contributed by atoms with Crippen molar-refractivity contribution in [1.82, 2.24) is 0 Å². The van der Waals surface area contributed by atoms with Crippen molar-refractivity contribution in [2.24, 2.45) is 11.5 Å². The molecule has 2 nitrogen and oxygen atoms in total. The van der Waals surface area contributed by atoms with Crippen molar-refractivity contribution < 1.29 is 0 Å². The molecule has 0 aliphatic heterocycles. The molecule has 0 bridgehead atoms. The summed E-state index contributed by atoms with van der Waals surface area (Å²) >= 11 is 6.03. The predicted molar refractivity (Wildman–Crippen MR) is 56.8 cm³/mol. The quantitative estimate of drug-likeness (QED) is 0.764. The zero-order valence-electron chi connectivity index (χ0n) is 7.92. The fraction of sp³-hybridized carbons (Fsp3) is 0.400. The molecule has 0 heterocycles. The Labute approximate surface area is 83.9 Å². The van der Waals surface area contributed by atoms with Gasteiger partial charge in [0.25, 0.3) is 0 Å². The summed E-state index contributed by atoms with van der Waals surface area (Å²) in [5.41, 5.74) is 13.7. The van der Waals surface area contributed by atoms with Crippen LogP contribution in [0.1, 0.15) is 24.1 Å². The summed E-state index contributed by atoms with van der Waals surface area (Å²) in [5, 5.41) is 0.699. The maximum absolute atomic E-state index is 6.03. The van der Waals surface area contributed by atoms with E-state index >= 15 is 0 Å². The van der Waals surface area contributed by atoms with Crippen molar-refractivity contribution in [3.05, 3.63) is 34.3 Å². The highest BCUT2D eigenvalue weighted by atomic mass is 35.5. The van der Waals surface area contributed by atoms with Crippen LogP contribution in [0.2, 0.25) is 5.02 Å². The van der Waals surface area contributed by atoms with Gasteiger partial charge >= 0.3 is 0 Å². The van der Waals surface area contributed by atoms with Gasteiger partial charge in [0.05, 0.1) is 0 Å². The molecule has 0 amide bonds. The van der Waals surface area contributed by atoms with Gasteiger partial charge in [-0.1, -0.05) is 23.7 Å². The third kappa shape index (κ3) is 2.21. The molecule has 0 spiro atoms. The molecule has 3 heteroatoms. The van der Waals surface area contributed by atoms with Gasteiger partial charge in [0.2, 0.25) is 0 Å². The van der Waals surface area contributed by atoms with E-state index in [1.165, 1.54) is 0 Å². The average Bonchev–Trinajstić information content (AvgIpc) is 2.03. The molecule has 13 heavy (non-hydrogen) atoms. The first-order valence-electron chi connectivity index (χ1n) is 4.30. The first kappa shape index (κ1) is 10.5. The summed E-state index contributed by atoms with van der Waals surface area (Å²) in [6.45, 7) is 3.87. The summed E-state index contributed by atoms with van der Waals surface area (Å²) in [4.78, 5) is 0. The first-order valence-corrected chi connectivity index (χ1v) is 4.68. The van der Waals surface area contributed by atoms with Crippen molar-refractivity contribution in [3.8, 4) is 0 Å². The van der Waals surface area contributed by atoms with Gasteiger partial charge in [-0.3, -0.25) is 0 Å². The van der Waals surface area contributed by atoms with E-state index in [9.17, 15) is 0 Å². The van der Waals surface area contributed by atoms with E-state index in [4.69, 9.17) is 23.1 Å². The highest BCUT2D eigenvalue weighted by Crippen LogP contribution is 2.26. The molecule has 2 atom stereocenters. The number of nitrogens with two attached hydrogens (primary N) is 2. The molecule has 72 valence electrons. The van der Waals surface area contributed by atoms with E-state index in [-0.39, 0.29) is 12.1 Å². The molecule has 4 N–H and O–H groups in total. The number of halogens is 1. The molecule has 0 aromatic heterocycles. The minimum Gasteiger partial charge on any atom is -0.326 e. The molecular formula is C10H15ClN2. The van der Waals surface area contributed by atoms with Crippen LogP contribution in [0.5, 0.6) is 0 Å². The van der Waals surface area contributed by atoms with Gasteiger partial charge in [-0.05, 0) is 31.0 Å². The lowest BCUT2D eigenvalue weighted by molar-refractivity contribution is 0.586. The van der Waals surface area contributed by atoms with E-state index in [0.29, 0.717) is 5.02 Å². The Hall–Kier alpha value is -0.570. The van der Waals surface area contributed by atoms with Crippen molar-refractivity contribution in [3.63, 3.8) is 0 Å². The van der Waals surface area contributed by atoms with E-state index in [1.54, 1.807) is 0 Å². The van der Waals surface area contributed by atoms with E-state index < -0.39 is 0 Å². The van der Waals surface area contributed by atoms with Gasteiger partial charge < -0.3 is 11.5 Å². The molecule has 0 saturated heterocycles. The largest absolute Gasteiger partial charge is 0.326 e. The molecule has 0 saturated carbocycles. The van der Waals surface area contributed by atoms with Crippen LogP contribution in [0.3, 0.4) is 0 Å². The van der Waals surface area contributed by atoms with Crippen LogP contribution in [-0.2, 0) is 0 Å². The van der Waals surface area contributed by atoms with Crippen molar-refractivity contribution in [1.29, 1.82) is 0 Å². The minimum absolute atomic E-state index is 0.0846. The lowest BCUT2D eigenvalue weighted by Gasteiger charge is -2.19. The Kier molecular flexibility index (Phi) is 3.31.